The van der Waals surface area contributed by atoms with Gasteiger partial charge in [0.05, 0.1) is 13.2 Å². The first kappa shape index (κ1) is 21.2. The van der Waals surface area contributed by atoms with E-state index in [4.69, 9.17) is 14.0 Å². The third-order valence-electron chi connectivity index (χ3n) is 3.96. The van der Waals surface area contributed by atoms with Crippen LogP contribution in [0, 0.1) is 13.8 Å². The molecule has 0 bridgehead atoms. The molecule has 1 N–H and O–H groups in total. The summed E-state index contributed by atoms with van der Waals surface area (Å²) in [6.45, 7) is 10.2. The molecule has 1 heterocycles. The molecule has 0 saturated carbocycles. The van der Waals surface area contributed by atoms with Crippen LogP contribution in [0.1, 0.15) is 56.7 Å². The highest BCUT2D eigenvalue weighted by molar-refractivity contribution is 7.89. The number of hydrogen-bond donors (Lipinski definition) is 1. The maximum Gasteiger partial charge on any atom is 0.246 e. The molecule has 0 radical (unpaired) electrons. The summed E-state index contributed by atoms with van der Waals surface area (Å²) in [4.78, 5) is 0.0831. The molecule has 8 heteroatoms. The van der Waals surface area contributed by atoms with Crippen LogP contribution in [0.4, 0.5) is 0 Å². The first-order valence-corrected chi connectivity index (χ1v) is 10.6. The zero-order valence-electron chi connectivity index (χ0n) is 16.5. The van der Waals surface area contributed by atoms with Crippen LogP contribution in [-0.2, 0) is 10.0 Å². The van der Waals surface area contributed by atoms with Gasteiger partial charge in [0.2, 0.25) is 10.0 Å². The van der Waals surface area contributed by atoms with Crippen molar-refractivity contribution in [2.45, 2.75) is 58.4 Å². The molecule has 2 rings (SSSR count). The molecule has 0 aliphatic rings. The lowest BCUT2D eigenvalue weighted by Gasteiger charge is -2.18. The molecule has 0 aliphatic heterocycles. The predicted octanol–water partition coefficient (Wildman–Crippen LogP) is 3.91. The van der Waals surface area contributed by atoms with E-state index >= 15 is 0 Å². The lowest BCUT2D eigenvalue weighted by atomic mass is 10.1. The fourth-order valence-electron chi connectivity index (χ4n) is 2.67. The van der Waals surface area contributed by atoms with Gasteiger partial charge in [0.1, 0.15) is 10.6 Å². The lowest BCUT2D eigenvalue weighted by Crippen LogP contribution is -2.27. The Labute approximate surface area is 161 Å². The summed E-state index contributed by atoms with van der Waals surface area (Å²) < 4.78 is 44.6. The van der Waals surface area contributed by atoms with Gasteiger partial charge in [-0.15, -0.1) is 0 Å². The summed E-state index contributed by atoms with van der Waals surface area (Å²) in [6, 6.07) is 5.01. The number of aromatic nitrogens is 1. The number of hydrogen-bond acceptors (Lipinski definition) is 6. The minimum Gasteiger partial charge on any atom is -0.490 e. The summed E-state index contributed by atoms with van der Waals surface area (Å²) >= 11 is 0. The standard InChI is InChI=1S/C19H28N2O5S/c1-6-10-24-17-9-8-16(12-18(17)25-11-7-2)13(3)21-27(22,23)19-14(4)20-26-15(19)5/h8-9,12-13,21H,6-7,10-11H2,1-5H3/t13-/m1/s1. The van der Waals surface area contributed by atoms with E-state index in [1.807, 2.05) is 32.0 Å². The van der Waals surface area contributed by atoms with Crippen molar-refractivity contribution in [1.29, 1.82) is 0 Å². The molecule has 150 valence electrons. The molecule has 1 aromatic heterocycles. The monoisotopic (exact) mass is 396 g/mol. The highest BCUT2D eigenvalue weighted by Crippen LogP contribution is 2.32. The van der Waals surface area contributed by atoms with Gasteiger partial charge in [-0.25, -0.2) is 13.1 Å². The molecule has 0 aliphatic carbocycles. The second-order valence-corrected chi connectivity index (χ2v) is 8.05. The fraction of sp³-hybridized carbons (Fsp3) is 0.526. The van der Waals surface area contributed by atoms with Gasteiger partial charge < -0.3 is 14.0 Å². The first-order valence-electron chi connectivity index (χ1n) is 9.14. The minimum absolute atomic E-state index is 0.0831. The number of sulfonamides is 1. The SMILES string of the molecule is CCCOc1ccc([C@@H](C)NS(=O)(=O)c2c(C)noc2C)cc1OCCC. The quantitative estimate of drug-likeness (QED) is 0.655. The molecule has 0 spiro atoms. The molecule has 0 unspecified atom stereocenters. The minimum atomic E-state index is -3.76. The molecule has 1 aromatic carbocycles. The summed E-state index contributed by atoms with van der Waals surface area (Å²) in [5, 5.41) is 3.72. The van der Waals surface area contributed by atoms with Crippen molar-refractivity contribution < 1.29 is 22.4 Å². The third-order valence-corrected chi connectivity index (χ3v) is 5.74. The Balaban J connectivity index is 2.25. The van der Waals surface area contributed by atoms with Crippen molar-refractivity contribution in [3.8, 4) is 11.5 Å². The lowest BCUT2D eigenvalue weighted by molar-refractivity contribution is 0.268. The second-order valence-electron chi connectivity index (χ2n) is 6.40. The molecule has 0 amide bonds. The molecular weight excluding hydrogens is 368 g/mol. The molecule has 2 aromatic rings. The van der Waals surface area contributed by atoms with Gasteiger partial charge >= 0.3 is 0 Å². The van der Waals surface area contributed by atoms with Gasteiger partial charge in [-0.3, -0.25) is 0 Å². The van der Waals surface area contributed by atoms with E-state index in [-0.39, 0.29) is 10.7 Å². The fourth-order valence-corrected chi connectivity index (χ4v) is 4.23. The number of benzene rings is 1. The summed E-state index contributed by atoms with van der Waals surface area (Å²) in [5.74, 6) is 1.54. The van der Waals surface area contributed by atoms with Crippen molar-refractivity contribution in [3.63, 3.8) is 0 Å². The Morgan fingerprint density at radius 1 is 1.11 bits per heavy atom. The van der Waals surface area contributed by atoms with E-state index < -0.39 is 16.1 Å². The van der Waals surface area contributed by atoms with E-state index in [1.54, 1.807) is 20.8 Å². The van der Waals surface area contributed by atoms with Crippen LogP contribution < -0.4 is 14.2 Å². The summed E-state index contributed by atoms with van der Waals surface area (Å²) in [5.41, 5.74) is 1.11. The van der Waals surface area contributed by atoms with Crippen LogP contribution in [0.3, 0.4) is 0 Å². The zero-order valence-corrected chi connectivity index (χ0v) is 17.4. The topological polar surface area (TPSA) is 90.7 Å². The molecule has 0 fully saturated rings. The van der Waals surface area contributed by atoms with Crippen LogP contribution in [0.2, 0.25) is 0 Å². The van der Waals surface area contributed by atoms with Crippen molar-refractivity contribution in [3.05, 3.63) is 35.2 Å². The molecule has 27 heavy (non-hydrogen) atoms. The van der Waals surface area contributed by atoms with E-state index in [9.17, 15) is 8.42 Å². The Morgan fingerprint density at radius 2 is 1.74 bits per heavy atom. The number of aryl methyl sites for hydroxylation is 2. The normalized spacial score (nSPS) is 12.8. The summed E-state index contributed by atoms with van der Waals surface area (Å²) in [6.07, 6.45) is 1.76. The molecular formula is C19H28N2O5S. The Kier molecular flexibility index (Phi) is 7.26. The Bertz CT molecular complexity index is 841. The van der Waals surface area contributed by atoms with Crippen molar-refractivity contribution in [2.75, 3.05) is 13.2 Å². The van der Waals surface area contributed by atoms with Gasteiger partial charge in [0, 0.05) is 6.04 Å². The van der Waals surface area contributed by atoms with Gasteiger partial charge in [-0.1, -0.05) is 25.1 Å². The highest BCUT2D eigenvalue weighted by atomic mass is 32.2. The zero-order chi connectivity index (χ0) is 20.0. The van der Waals surface area contributed by atoms with E-state index in [0.717, 1.165) is 18.4 Å². The molecule has 0 saturated heterocycles. The van der Waals surface area contributed by atoms with Crippen LogP contribution >= 0.6 is 0 Å². The third kappa shape index (κ3) is 5.23. The summed E-state index contributed by atoms with van der Waals surface area (Å²) in [7, 11) is -3.76. The van der Waals surface area contributed by atoms with E-state index in [1.165, 1.54) is 0 Å². The van der Waals surface area contributed by atoms with Crippen molar-refractivity contribution in [1.82, 2.24) is 9.88 Å². The van der Waals surface area contributed by atoms with Crippen molar-refractivity contribution in [2.24, 2.45) is 0 Å². The van der Waals surface area contributed by atoms with Gasteiger partial charge in [0.15, 0.2) is 17.3 Å². The van der Waals surface area contributed by atoms with E-state index in [2.05, 4.69) is 9.88 Å². The van der Waals surface area contributed by atoms with Gasteiger partial charge in [0.25, 0.3) is 0 Å². The molecule has 1 atom stereocenters. The number of nitrogens with zero attached hydrogens (tertiary/aromatic N) is 1. The Morgan fingerprint density at radius 3 is 2.30 bits per heavy atom. The molecule has 7 nitrogen and oxygen atoms in total. The number of ether oxygens (including phenoxy) is 2. The maximum absolute atomic E-state index is 12.7. The smallest absolute Gasteiger partial charge is 0.246 e. The van der Waals surface area contributed by atoms with Crippen LogP contribution in [0.15, 0.2) is 27.6 Å². The van der Waals surface area contributed by atoms with Crippen LogP contribution in [0.25, 0.3) is 0 Å². The average Bonchev–Trinajstić information content (AvgIpc) is 2.97. The average molecular weight is 397 g/mol. The number of nitrogens with one attached hydrogen (secondary N) is 1. The Hall–Kier alpha value is -2.06. The van der Waals surface area contributed by atoms with Crippen LogP contribution in [-0.4, -0.2) is 26.8 Å². The first-order chi connectivity index (χ1) is 12.8. The van der Waals surface area contributed by atoms with Crippen molar-refractivity contribution >= 4 is 10.0 Å². The largest absolute Gasteiger partial charge is 0.490 e. The predicted molar refractivity (Wildman–Crippen MR) is 103 cm³/mol. The van der Waals surface area contributed by atoms with Crippen LogP contribution in [0.5, 0.6) is 11.5 Å². The van der Waals surface area contributed by atoms with Gasteiger partial charge in [-0.2, -0.15) is 0 Å². The van der Waals surface area contributed by atoms with Gasteiger partial charge in [-0.05, 0) is 51.3 Å². The highest BCUT2D eigenvalue weighted by Gasteiger charge is 2.26. The number of rotatable bonds is 10. The van der Waals surface area contributed by atoms with E-state index in [0.29, 0.717) is 30.4 Å². The maximum atomic E-state index is 12.7. The second kappa shape index (κ2) is 9.23.